The third kappa shape index (κ3) is 2.93. The van der Waals surface area contributed by atoms with Crippen LogP contribution in [0.3, 0.4) is 0 Å². The molecule has 0 saturated heterocycles. The zero-order valence-corrected chi connectivity index (χ0v) is 15.1. The van der Waals surface area contributed by atoms with Crippen LogP contribution in [0.1, 0.15) is 29.2 Å². The lowest BCUT2D eigenvalue weighted by atomic mass is 9.98. The zero-order valence-electron chi connectivity index (χ0n) is 15.1. The molecule has 0 aliphatic carbocycles. The lowest BCUT2D eigenvalue weighted by molar-refractivity contribution is 0.174. The summed E-state index contributed by atoms with van der Waals surface area (Å²) < 4.78 is 11.1. The van der Waals surface area contributed by atoms with Gasteiger partial charge in [-0.1, -0.05) is 54.1 Å². The molecule has 2 heterocycles. The Morgan fingerprint density at radius 2 is 1.67 bits per heavy atom. The summed E-state index contributed by atoms with van der Waals surface area (Å²) in [6.07, 6.45) is 0.845. The molecular weight excluding hydrogens is 336 g/mol. The molecule has 0 saturated carbocycles. The highest BCUT2D eigenvalue weighted by Crippen LogP contribution is 2.41. The maximum atomic E-state index is 5.59. The Morgan fingerprint density at radius 3 is 2.48 bits per heavy atom. The lowest BCUT2D eigenvalue weighted by Gasteiger charge is -2.24. The van der Waals surface area contributed by atoms with E-state index in [4.69, 9.17) is 14.6 Å². The van der Waals surface area contributed by atoms with Crippen LogP contribution in [0.15, 0.2) is 77.9 Å². The Hall–Kier alpha value is -3.27. The quantitative estimate of drug-likeness (QED) is 0.656. The van der Waals surface area contributed by atoms with Crippen LogP contribution in [0.2, 0.25) is 0 Å². The Bertz CT molecular complexity index is 997. The van der Waals surface area contributed by atoms with Crippen LogP contribution in [-0.4, -0.2) is 12.5 Å². The molecule has 2 aliphatic rings. The van der Waals surface area contributed by atoms with Gasteiger partial charge in [0.15, 0.2) is 11.5 Å². The molecule has 0 N–H and O–H groups in total. The largest absolute Gasteiger partial charge is 0.454 e. The van der Waals surface area contributed by atoms with E-state index in [1.807, 2.05) is 12.1 Å². The maximum Gasteiger partial charge on any atom is 0.231 e. The molecule has 4 nitrogen and oxygen atoms in total. The standard InChI is InChI=1S/C23H20N2O2/c1-16-7-10-19(11-8-16)25-21(14-20(24-25)17-5-3-2-4-6-17)18-9-12-22-23(13-18)27-15-26-22/h2-13,21H,14-15H2,1H3/t21-/m0/s1. The van der Waals surface area contributed by atoms with Gasteiger partial charge in [-0.2, -0.15) is 5.10 Å². The first-order valence-electron chi connectivity index (χ1n) is 9.16. The molecule has 27 heavy (non-hydrogen) atoms. The predicted octanol–water partition coefficient (Wildman–Crippen LogP) is 5.08. The van der Waals surface area contributed by atoms with Gasteiger partial charge in [0.05, 0.1) is 17.4 Å². The Kier molecular flexibility index (Phi) is 3.82. The van der Waals surface area contributed by atoms with E-state index in [-0.39, 0.29) is 12.8 Å². The number of nitrogens with zero attached hydrogens (tertiary/aromatic N) is 2. The molecule has 4 heteroatoms. The molecule has 0 bridgehead atoms. The normalized spacial score (nSPS) is 17.9. The summed E-state index contributed by atoms with van der Waals surface area (Å²) in [5.74, 6) is 1.62. The van der Waals surface area contributed by atoms with Crippen molar-refractivity contribution in [1.82, 2.24) is 0 Å². The number of hydrogen-bond donors (Lipinski definition) is 0. The third-order valence-electron chi connectivity index (χ3n) is 5.10. The fraction of sp³-hybridized carbons (Fsp3) is 0.174. The molecule has 0 unspecified atom stereocenters. The molecule has 1 atom stereocenters. The van der Waals surface area contributed by atoms with E-state index in [0.29, 0.717) is 0 Å². The summed E-state index contributed by atoms with van der Waals surface area (Å²) in [6.45, 7) is 2.39. The van der Waals surface area contributed by atoms with Gasteiger partial charge in [0.1, 0.15) is 0 Å². The van der Waals surface area contributed by atoms with Crippen molar-refractivity contribution >= 4 is 11.4 Å². The van der Waals surface area contributed by atoms with Gasteiger partial charge in [0.25, 0.3) is 0 Å². The van der Waals surface area contributed by atoms with Gasteiger partial charge in [-0.25, -0.2) is 0 Å². The third-order valence-corrected chi connectivity index (χ3v) is 5.10. The average molecular weight is 356 g/mol. The van der Waals surface area contributed by atoms with Crippen molar-refractivity contribution < 1.29 is 9.47 Å². The Balaban J connectivity index is 1.55. The number of ether oxygens (including phenoxy) is 2. The van der Waals surface area contributed by atoms with E-state index in [1.54, 1.807) is 0 Å². The van der Waals surface area contributed by atoms with Crippen molar-refractivity contribution in [3.8, 4) is 11.5 Å². The van der Waals surface area contributed by atoms with Crippen molar-refractivity contribution in [2.45, 2.75) is 19.4 Å². The van der Waals surface area contributed by atoms with Crippen molar-refractivity contribution in [3.63, 3.8) is 0 Å². The molecule has 0 fully saturated rings. The minimum Gasteiger partial charge on any atom is -0.454 e. The van der Waals surface area contributed by atoms with Gasteiger partial charge in [-0.15, -0.1) is 0 Å². The number of fused-ring (bicyclic) bond motifs is 1. The summed E-state index contributed by atoms with van der Waals surface area (Å²) in [6, 6.07) is 25.2. The van der Waals surface area contributed by atoms with E-state index < -0.39 is 0 Å². The molecule has 134 valence electrons. The summed E-state index contributed by atoms with van der Waals surface area (Å²) in [5.41, 5.74) is 5.77. The molecule has 0 radical (unpaired) electrons. The van der Waals surface area contributed by atoms with Crippen LogP contribution in [0.4, 0.5) is 5.69 Å². The molecule has 0 aromatic heterocycles. The number of hydrazone groups is 1. The first kappa shape index (κ1) is 15.9. The van der Waals surface area contributed by atoms with Gasteiger partial charge in [0, 0.05) is 6.42 Å². The van der Waals surface area contributed by atoms with Gasteiger partial charge < -0.3 is 9.47 Å². The van der Waals surface area contributed by atoms with Crippen molar-refractivity contribution in [1.29, 1.82) is 0 Å². The summed E-state index contributed by atoms with van der Waals surface area (Å²) >= 11 is 0. The fourth-order valence-corrected chi connectivity index (χ4v) is 3.63. The van der Waals surface area contributed by atoms with E-state index in [9.17, 15) is 0 Å². The fourth-order valence-electron chi connectivity index (χ4n) is 3.63. The lowest BCUT2D eigenvalue weighted by Crippen LogP contribution is -2.18. The van der Waals surface area contributed by atoms with E-state index in [2.05, 4.69) is 72.6 Å². The first-order valence-corrected chi connectivity index (χ1v) is 9.16. The highest BCUT2D eigenvalue weighted by Gasteiger charge is 2.31. The van der Waals surface area contributed by atoms with E-state index in [1.165, 1.54) is 11.1 Å². The average Bonchev–Trinajstić information content (AvgIpc) is 3.36. The highest BCUT2D eigenvalue weighted by atomic mass is 16.7. The van der Waals surface area contributed by atoms with Crippen molar-refractivity contribution in [2.75, 3.05) is 11.8 Å². The van der Waals surface area contributed by atoms with Crippen LogP contribution in [0, 0.1) is 6.92 Å². The van der Waals surface area contributed by atoms with Gasteiger partial charge in [-0.05, 0) is 42.3 Å². The topological polar surface area (TPSA) is 34.1 Å². The minimum absolute atomic E-state index is 0.123. The summed E-state index contributed by atoms with van der Waals surface area (Å²) in [7, 11) is 0. The van der Waals surface area contributed by atoms with Crippen LogP contribution >= 0.6 is 0 Å². The summed E-state index contributed by atoms with van der Waals surface area (Å²) in [5, 5.41) is 7.11. The highest BCUT2D eigenvalue weighted by molar-refractivity contribution is 6.03. The second kappa shape index (κ2) is 6.47. The number of hydrogen-bond acceptors (Lipinski definition) is 4. The second-order valence-corrected chi connectivity index (χ2v) is 6.93. The molecule has 3 aromatic carbocycles. The second-order valence-electron chi connectivity index (χ2n) is 6.93. The van der Waals surface area contributed by atoms with Gasteiger partial charge in [0.2, 0.25) is 6.79 Å². The number of benzene rings is 3. The summed E-state index contributed by atoms with van der Waals surface area (Å²) in [4.78, 5) is 0. The molecule has 0 amide bonds. The first-order chi connectivity index (χ1) is 13.3. The Morgan fingerprint density at radius 1 is 0.889 bits per heavy atom. The molecule has 3 aromatic rings. The Labute approximate surface area is 158 Å². The van der Waals surface area contributed by atoms with E-state index >= 15 is 0 Å². The van der Waals surface area contributed by atoms with Crippen LogP contribution in [0.25, 0.3) is 0 Å². The maximum absolute atomic E-state index is 5.59. The number of anilines is 1. The monoisotopic (exact) mass is 356 g/mol. The number of rotatable bonds is 3. The molecule has 2 aliphatic heterocycles. The smallest absolute Gasteiger partial charge is 0.231 e. The van der Waals surface area contributed by atoms with E-state index in [0.717, 1.165) is 34.9 Å². The molecular formula is C23H20N2O2. The van der Waals surface area contributed by atoms with Crippen LogP contribution in [0.5, 0.6) is 11.5 Å². The van der Waals surface area contributed by atoms with Crippen LogP contribution in [-0.2, 0) is 0 Å². The molecule has 0 spiro atoms. The van der Waals surface area contributed by atoms with Gasteiger partial charge in [-0.3, -0.25) is 5.01 Å². The molecule has 5 rings (SSSR count). The minimum atomic E-state index is 0.123. The number of aryl methyl sites for hydroxylation is 1. The van der Waals surface area contributed by atoms with Gasteiger partial charge >= 0.3 is 0 Å². The van der Waals surface area contributed by atoms with Crippen LogP contribution < -0.4 is 14.5 Å². The SMILES string of the molecule is Cc1ccc(N2N=C(c3ccccc3)C[C@H]2c2ccc3c(c2)OCO3)cc1. The predicted molar refractivity (Wildman–Crippen MR) is 107 cm³/mol. The van der Waals surface area contributed by atoms with Crippen molar-refractivity contribution in [2.24, 2.45) is 5.10 Å². The van der Waals surface area contributed by atoms with Crippen molar-refractivity contribution in [3.05, 3.63) is 89.5 Å². The zero-order chi connectivity index (χ0) is 18.2.